The van der Waals surface area contributed by atoms with Gasteiger partial charge in [-0.15, -0.1) is 0 Å². The smallest absolute Gasteiger partial charge is 0.306 e. The number of carbonyl (C=O) groups is 2. The predicted octanol–water partition coefficient (Wildman–Crippen LogP) is 19.9. The van der Waals surface area contributed by atoms with Crippen molar-refractivity contribution in [1.29, 1.82) is 0 Å². The summed E-state index contributed by atoms with van der Waals surface area (Å²) >= 11 is 0. The molecule has 1 aliphatic heterocycles. The summed E-state index contributed by atoms with van der Waals surface area (Å²) < 4.78 is 17.7. The van der Waals surface area contributed by atoms with Gasteiger partial charge in [-0.2, -0.15) is 0 Å². The minimum Gasteiger partial charge on any atom is -0.454 e. The average Bonchev–Trinajstić information content (AvgIpc) is 3.20. The third-order valence-electron chi connectivity index (χ3n) is 17.6. The molecule has 0 aliphatic carbocycles. The fraction of sp³-hybridized carbons (Fsp3) is 0.821. The normalized spacial score (nSPS) is 18.5. The standard InChI is InChI=1S/C78H141NO10/c1-4-7-10-13-16-19-22-25-27-29-31-33-35-37-38-40-42-44-47-50-53-56-59-62-65-71(82)77(86)79-69(70(81)64-61-58-55-52-49-46-24-21-18-15-12-9-6-3)68-87-78-76(75(85)74(84)72(67-80)88-78)89-73(83)66-63-60-57-54-51-48-45-43-41-39-36-34-32-30-28-26-23-20-17-14-11-8-5-2/h8,11,17,20,26,28,32,34,39,41,61,64,69-72,74-76,78,80-82,84-85H,4-7,9-10,12-16,18-19,21-25,27,29-31,33,35-38,40,42-60,62-63,65-68H2,1-3H3,(H,79,86)/b11-8-,20-17-,28-26-,34-32-,41-39-,64-61+. The van der Waals surface area contributed by atoms with Crippen molar-refractivity contribution < 1.29 is 49.3 Å². The summed E-state index contributed by atoms with van der Waals surface area (Å²) in [6.45, 7) is 5.73. The maximum atomic E-state index is 13.5. The lowest BCUT2D eigenvalue weighted by Gasteiger charge is -2.41. The Hall–Kier alpha value is -2.90. The molecule has 1 heterocycles. The van der Waals surface area contributed by atoms with Gasteiger partial charge in [-0.3, -0.25) is 9.59 Å². The Morgan fingerprint density at radius 2 is 0.809 bits per heavy atom. The van der Waals surface area contributed by atoms with E-state index in [1.165, 1.54) is 186 Å². The van der Waals surface area contributed by atoms with E-state index in [1.807, 2.05) is 6.08 Å². The van der Waals surface area contributed by atoms with Gasteiger partial charge in [0.15, 0.2) is 12.4 Å². The number of hydrogen-bond acceptors (Lipinski definition) is 10. The van der Waals surface area contributed by atoms with E-state index in [1.54, 1.807) is 6.08 Å². The Morgan fingerprint density at radius 1 is 0.449 bits per heavy atom. The SMILES string of the molecule is CC/C=C\C/C=C\C/C=C\C/C=C\C/C=C\CCCCCCCCCC(=O)OC1C(OCC(NC(=O)C(O)CCCCCCCCCCCCCCCCCCCCCCCCCC)C(O)/C=C/CCCCCCCCCCCCC)OC(CO)C(O)C1O. The van der Waals surface area contributed by atoms with E-state index in [0.717, 1.165) is 116 Å². The largest absolute Gasteiger partial charge is 0.454 e. The number of rotatable bonds is 65. The van der Waals surface area contributed by atoms with Crippen molar-refractivity contribution in [2.24, 2.45) is 0 Å². The van der Waals surface area contributed by atoms with Crippen LogP contribution >= 0.6 is 0 Å². The quantitative estimate of drug-likeness (QED) is 0.0195. The highest BCUT2D eigenvalue weighted by atomic mass is 16.7. The van der Waals surface area contributed by atoms with Gasteiger partial charge < -0.3 is 45.1 Å². The molecule has 89 heavy (non-hydrogen) atoms. The van der Waals surface area contributed by atoms with Crippen molar-refractivity contribution in [2.45, 2.75) is 397 Å². The molecule has 0 saturated carbocycles. The monoisotopic (exact) mass is 1250 g/mol. The first-order chi connectivity index (χ1) is 43.7. The highest BCUT2D eigenvalue weighted by Crippen LogP contribution is 2.26. The minimum absolute atomic E-state index is 0.109. The maximum absolute atomic E-state index is 13.5. The molecular formula is C78H141NO10. The van der Waals surface area contributed by atoms with Crippen LogP contribution in [-0.4, -0.2) is 99.6 Å². The second-order valence-electron chi connectivity index (χ2n) is 26.0. The lowest BCUT2D eigenvalue weighted by Crippen LogP contribution is -2.61. The van der Waals surface area contributed by atoms with Gasteiger partial charge in [0, 0.05) is 6.42 Å². The lowest BCUT2D eigenvalue weighted by molar-refractivity contribution is -0.305. The highest BCUT2D eigenvalue weighted by Gasteiger charge is 2.47. The molecule has 11 heteroatoms. The number of aliphatic hydroxyl groups excluding tert-OH is 5. The molecule has 6 N–H and O–H groups in total. The van der Waals surface area contributed by atoms with Crippen molar-refractivity contribution in [1.82, 2.24) is 5.32 Å². The molecule has 0 aromatic heterocycles. The number of esters is 1. The van der Waals surface area contributed by atoms with Crippen molar-refractivity contribution in [3.8, 4) is 0 Å². The van der Waals surface area contributed by atoms with Crippen LogP contribution in [-0.2, 0) is 23.8 Å². The molecule has 8 unspecified atom stereocenters. The van der Waals surface area contributed by atoms with Crippen LogP contribution < -0.4 is 5.32 Å². The van der Waals surface area contributed by atoms with Gasteiger partial charge in [0.25, 0.3) is 0 Å². The second-order valence-corrected chi connectivity index (χ2v) is 26.0. The maximum Gasteiger partial charge on any atom is 0.306 e. The Kier molecular flexibility index (Phi) is 61.6. The van der Waals surface area contributed by atoms with E-state index in [9.17, 15) is 35.1 Å². The van der Waals surface area contributed by atoms with E-state index in [0.29, 0.717) is 19.3 Å². The van der Waals surface area contributed by atoms with E-state index >= 15 is 0 Å². The van der Waals surface area contributed by atoms with Crippen LogP contribution in [0, 0.1) is 0 Å². The van der Waals surface area contributed by atoms with Crippen LogP contribution in [0.1, 0.15) is 348 Å². The number of aliphatic hydroxyl groups is 5. The molecule has 8 atom stereocenters. The van der Waals surface area contributed by atoms with Crippen LogP contribution in [0.2, 0.25) is 0 Å². The first-order valence-corrected chi connectivity index (χ1v) is 37.7. The topological polar surface area (TPSA) is 175 Å². The van der Waals surface area contributed by atoms with E-state index in [2.05, 4.69) is 86.8 Å². The molecule has 0 radical (unpaired) electrons. The van der Waals surface area contributed by atoms with Gasteiger partial charge in [-0.05, 0) is 70.6 Å². The highest BCUT2D eigenvalue weighted by molar-refractivity contribution is 5.80. The van der Waals surface area contributed by atoms with Gasteiger partial charge in [0.1, 0.15) is 24.4 Å². The fourth-order valence-electron chi connectivity index (χ4n) is 11.7. The summed E-state index contributed by atoms with van der Waals surface area (Å²) in [5.74, 6) is -1.19. The van der Waals surface area contributed by atoms with Gasteiger partial charge in [0.2, 0.25) is 5.91 Å². The minimum atomic E-state index is -1.62. The molecule has 0 aromatic rings. The molecule has 1 aliphatic rings. The Labute approximate surface area is 547 Å². The summed E-state index contributed by atoms with van der Waals surface area (Å²) in [5, 5.41) is 57.4. The van der Waals surface area contributed by atoms with Crippen LogP contribution in [0.3, 0.4) is 0 Å². The Bertz CT molecular complexity index is 1730. The third kappa shape index (κ3) is 52.2. The van der Waals surface area contributed by atoms with Crippen LogP contribution in [0.4, 0.5) is 0 Å². The van der Waals surface area contributed by atoms with E-state index < -0.39 is 67.4 Å². The van der Waals surface area contributed by atoms with Crippen molar-refractivity contribution in [3.63, 3.8) is 0 Å². The number of hydrogen-bond donors (Lipinski definition) is 6. The number of allylic oxidation sites excluding steroid dienone is 11. The van der Waals surface area contributed by atoms with Gasteiger partial charge in [-0.25, -0.2) is 0 Å². The summed E-state index contributed by atoms with van der Waals surface area (Å²) in [7, 11) is 0. The number of ether oxygens (including phenoxy) is 3. The van der Waals surface area contributed by atoms with Crippen LogP contribution in [0.15, 0.2) is 72.9 Å². The van der Waals surface area contributed by atoms with Gasteiger partial charge >= 0.3 is 5.97 Å². The molecule has 1 saturated heterocycles. The fourth-order valence-corrected chi connectivity index (χ4v) is 11.7. The molecular weight excluding hydrogens is 1110 g/mol. The van der Waals surface area contributed by atoms with Crippen molar-refractivity contribution >= 4 is 11.9 Å². The molecule has 518 valence electrons. The van der Waals surface area contributed by atoms with E-state index in [-0.39, 0.29) is 13.0 Å². The Balaban J connectivity index is 2.56. The average molecular weight is 1250 g/mol. The lowest BCUT2D eigenvalue weighted by atomic mass is 9.99. The number of unbranched alkanes of at least 4 members (excludes halogenated alkanes) is 41. The number of carbonyl (C=O) groups excluding carboxylic acids is 2. The Morgan fingerprint density at radius 3 is 1.21 bits per heavy atom. The van der Waals surface area contributed by atoms with Crippen molar-refractivity contribution in [2.75, 3.05) is 13.2 Å². The third-order valence-corrected chi connectivity index (χ3v) is 17.6. The van der Waals surface area contributed by atoms with Gasteiger partial charge in [0.05, 0.1) is 25.4 Å². The number of nitrogens with one attached hydrogen (secondary N) is 1. The first-order valence-electron chi connectivity index (χ1n) is 37.7. The zero-order chi connectivity index (χ0) is 64.6. The summed E-state index contributed by atoms with van der Waals surface area (Å²) in [6.07, 6.45) is 75.2. The molecule has 0 bridgehead atoms. The van der Waals surface area contributed by atoms with Crippen LogP contribution in [0.25, 0.3) is 0 Å². The van der Waals surface area contributed by atoms with Crippen LogP contribution in [0.5, 0.6) is 0 Å². The van der Waals surface area contributed by atoms with Gasteiger partial charge in [-0.1, -0.05) is 344 Å². The molecule has 0 spiro atoms. The van der Waals surface area contributed by atoms with Crippen molar-refractivity contribution in [3.05, 3.63) is 72.9 Å². The summed E-state index contributed by atoms with van der Waals surface area (Å²) in [5.41, 5.74) is 0. The first kappa shape index (κ1) is 84.1. The summed E-state index contributed by atoms with van der Waals surface area (Å²) in [4.78, 5) is 26.7. The predicted molar refractivity (Wildman–Crippen MR) is 375 cm³/mol. The zero-order valence-electron chi connectivity index (χ0n) is 57.8. The molecule has 1 fully saturated rings. The zero-order valence-corrected chi connectivity index (χ0v) is 57.8. The molecule has 11 nitrogen and oxygen atoms in total. The molecule has 1 amide bonds. The molecule has 1 rings (SSSR count). The second kappa shape index (κ2) is 65.2. The van der Waals surface area contributed by atoms with E-state index in [4.69, 9.17) is 14.2 Å². The number of amides is 1. The molecule has 0 aromatic carbocycles. The summed E-state index contributed by atoms with van der Waals surface area (Å²) in [6, 6.07) is -1.03.